The lowest BCUT2D eigenvalue weighted by atomic mass is 9.76. The van der Waals surface area contributed by atoms with Gasteiger partial charge < -0.3 is 0 Å². The van der Waals surface area contributed by atoms with Crippen LogP contribution in [0.4, 0.5) is 0 Å². The van der Waals surface area contributed by atoms with Gasteiger partial charge in [-0.25, -0.2) is 0 Å². The Labute approximate surface area is 299 Å². The van der Waals surface area contributed by atoms with Crippen LogP contribution in [0.5, 0.6) is 0 Å². The molecule has 2 atom stereocenters. The van der Waals surface area contributed by atoms with Gasteiger partial charge in [-0.15, -0.1) is 0 Å². The highest BCUT2D eigenvalue weighted by atomic mass is 15.2. The van der Waals surface area contributed by atoms with Crippen molar-refractivity contribution in [3.05, 3.63) is 120 Å². The average molecular weight is 654 g/mol. The van der Waals surface area contributed by atoms with Crippen LogP contribution in [-0.4, -0.2) is 23.0 Å². The molecule has 5 aliphatic carbocycles. The van der Waals surface area contributed by atoms with E-state index in [1.54, 1.807) is 11.1 Å². The number of hydrogen-bond acceptors (Lipinski definition) is 1. The minimum absolute atomic E-state index is 0.639. The molecule has 3 saturated carbocycles. The van der Waals surface area contributed by atoms with E-state index >= 15 is 0 Å². The van der Waals surface area contributed by atoms with Crippen molar-refractivity contribution in [1.82, 2.24) is 4.90 Å². The first-order valence-corrected chi connectivity index (χ1v) is 20.2. The minimum atomic E-state index is 0.639. The van der Waals surface area contributed by atoms with E-state index in [0.717, 1.165) is 12.1 Å². The molecule has 5 aliphatic rings. The van der Waals surface area contributed by atoms with Gasteiger partial charge in [0.25, 0.3) is 0 Å². The summed E-state index contributed by atoms with van der Waals surface area (Å²) < 4.78 is 0. The zero-order valence-corrected chi connectivity index (χ0v) is 29.6. The molecule has 0 amide bonds. The van der Waals surface area contributed by atoms with Crippen molar-refractivity contribution in [2.45, 2.75) is 120 Å². The average Bonchev–Trinajstić information content (AvgIpc) is 3.49. The molecule has 0 spiro atoms. The molecule has 10 rings (SSSR count). The van der Waals surface area contributed by atoms with Gasteiger partial charge in [0.2, 0.25) is 0 Å². The maximum absolute atomic E-state index is 3.19. The second-order valence-electron chi connectivity index (χ2n) is 16.3. The molecule has 252 valence electrons. The molecule has 0 N–H and O–H groups in total. The van der Waals surface area contributed by atoms with Gasteiger partial charge >= 0.3 is 0 Å². The fourth-order valence-corrected chi connectivity index (χ4v) is 11.4. The fourth-order valence-electron chi connectivity index (χ4n) is 11.4. The van der Waals surface area contributed by atoms with Crippen molar-refractivity contribution in [2.75, 3.05) is 0 Å². The number of rotatable bonds is 5. The summed E-state index contributed by atoms with van der Waals surface area (Å²) >= 11 is 0. The predicted octanol–water partition coefficient (Wildman–Crippen LogP) is 13.4. The third-order valence-corrected chi connectivity index (χ3v) is 13.7. The van der Waals surface area contributed by atoms with Crippen LogP contribution in [0.3, 0.4) is 0 Å². The highest BCUT2D eigenvalue weighted by Gasteiger charge is 2.40. The van der Waals surface area contributed by atoms with Crippen LogP contribution in [0, 0.1) is 0 Å². The van der Waals surface area contributed by atoms with Gasteiger partial charge in [-0.2, -0.15) is 0 Å². The second kappa shape index (κ2) is 13.0. The van der Waals surface area contributed by atoms with Crippen LogP contribution in [0.25, 0.3) is 55.6 Å². The molecule has 50 heavy (non-hydrogen) atoms. The normalized spacial score (nSPS) is 24.2. The molecule has 6 bridgehead atoms. The van der Waals surface area contributed by atoms with Crippen LogP contribution in [-0.2, 0) is 0 Å². The van der Waals surface area contributed by atoms with Crippen LogP contribution >= 0.6 is 0 Å². The van der Waals surface area contributed by atoms with E-state index in [0.29, 0.717) is 17.9 Å². The summed E-state index contributed by atoms with van der Waals surface area (Å²) in [5.74, 6) is 1.32. The molecule has 3 fully saturated rings. The molecular formula is C49H51N. The monoisotopic (exact) mass is 653 g/mol. The smallest absolute Gasteiger partial charge is 0.0170 e. The van der Waals surface area contributed by atoms with Gasteiger partial charge in [-0.1, -0.05) is 148 Å². The molecule has 5 aromatic rings. The van der Waals surface area contributed by atoms with Crippen LogP contribution in [0.1, 0.15) is 113 Å². The first-order valence-electron chi connectivity index (χ1n) is 20.2. The first kappa shape index (κ1) is 30.8. The first-order chi connectivity index (χ1) is 24.8. The van der Waals surface area contributed by atoms with Gasteiger partial charge in [0, 0.05) is 18.1 Å². The Morgan fingerprint density at radius 2 is 0.900 bits per heavy atom. The third-order valence-electron chi connectivity index (χ3n) is 13.7. The summed E-state index contributed by atoms with van der Waals surface area (Å²) in [5.41, 5.74) is 17.2. The highest BCUT2D eigenvalue weighted by molar-refractivity contribution is 6.14. The standard InChI is InChI=1S/C49H51N/c1-4-14-34(15-5-1)38-18-8-3-9-25-47(38)50(36-16-6-2-7-17-36)37-29-26-33(27-30-37)35-28-31-40-43-22-13-23-44-45-24-12-21-42(49(45)46(40)32-35)39-19-10-11-20-41(39)48(43)44/h1,4-5,10-15,19-24,28,31-33,36-38,47H,2-3,6-9,16-18,25-27,29-30H2. The summed E-state index contributed by atoms with van der Waals surface area (Å²) in [6, 6.07) is 44.6. The number of fused-ring (bicyclic) bond motifs is 4. The summed E-state index contributed by atoms with van der Waals surface area (Å²) in [6.07, 6.45) is 19.4. The fraction of sp³-hybridized carbons (Fsp3) is 0.388. The maximum Gasteiger partial charge on any atom is 0.0170 e. The topological polar surface area (TPSA) is 3.24 Å². The van der Waals surface area contributed by atoms with E-state index in [9.17, 15) is 0 Å². The van der Waals surface area contributed by atoms with E-state index in [4.69, 9.17) is 0 Å². The van der Waals surface area contributed by atoms with E-state index in [-0.39, 0.29) is 0 Å². The lowest BCUT2D eigenvalue weighted by molar-refractivity contribution is 0.0203. The molecule has 0 saturated heterocycles. The lowest BCUT2D eigenvalue weighted by Gasteiger charge is -2.49. The zero-order chi connectivity index (χ0) is 33.0. The van der Waals surface area contributed by atoms with Crippen molar-refractivity contribution in [3.8, 4) is 55.6 Å². The van der Waals surface area contributed by atoms with Crippen molar-refractivity contribution in [3.63, 3.8) is 0 Å². The molecule has 0 heterocycles. The largest absolute Gasteiger partial charge is 0.294 e. The van der Waals surface area contributed by atoms with Crippen molar-refractivity contribution >= 4 is 0 Å². The molecule has 1 nitrogen and oxygen atoms in total. The van der Waals surface area contributed by atoms with Crippen LogP contribution in [0.2, 0.25) is 0 Å². The quantitative estimate of drug-likeness (QED) is 0.167. The van der Waals surface area contributed by atoms with Crippen LogP contribution in [0.15, 0.2) is 109 Å². The minimum Gasteiger partial charge on any atom is -0.294 e. The van der Waals surface area contributed by atoms with Gasteiger partial charge in [-0.05, 0) is 130 Å². The van der Waals surface area contributed by atoms with E-state index in [2.05, 4.69) is 114 Å². The highest BCUT2D eigenvalue weighted by Crippen LogP contribution is 2.57. The summed E-state index contributed by atoms with van der Waals surface area (Å²) in [7, 11) is 0. The van der Waals surface area contributed by atoms with Crippen molar-refractivity contribution in [1.29, 1.82) is 0 Å². The van der Waals surface area contributed by atoms with Crippen molar-refractivity contribution in [2.24, 2.45) is 0 Å². The second-order valence-corrected chi connectivity index (χ2v) is 16.3. The van der Waals surface area contributed by atoms with Gasteiger partial charge in [0.1, 0.15) is 0 Å². The van der Waals surface area contributed by atoms with E-state index in [1.165, 1.54) is 146 Å². The Bertz CT molecular complexity index is 1980. The zero-order valence-electron chi connectivity index (χ0n) is 29.6. The van der Waals surface area contributed by atoms with Crippen molar-refractivity contribution < 1.29 is 0 Å². The van der Waals surface area contributed by atoms with Gasteiger partial charge in [-0.3, -0.25) is 4.90 Å². The van der Waals surface area contributed by atoms with Gasteiger partial charge in [0.15, 0.2) is 0 Å². The summed E-state index contributed by atoms with van der Waals surface area (Å²) in [5, 5.41) is 0. The molecule has 1 heteroatoms. The molecule has 5 aromatic carbocycles. The lowest BCUT2D eigenvalue weighted by Crippen LogP contribution is -2.53. The number of nitrogens with zero attached hydrogens (tertiary/aromatic N) is 1. The summed E-state index contributed by atoms with van der Waals surface area (Å²) in [4.78, 5) is 3.19. The molecule has 0 radical (unpaired) electrons. The van der Waals surface area contributed by atoms with Gasteiger partial charge in [0.05, 0.1) is 0 Å². The Morgan fingerprint density at radius 1 is 0.360 bits per heavy atom. The Morgan fingerprint density at radius 3 is 1.62 bits per heavy atom. The third kappa shape index (κ3) is 5.14. The van der Waals surface area contributed by atoms with Crippen LogP contribution < -0.4 is 0 Å². The molecular weight excluding hydrogens is 603 g/mol. The Kier molecular flexibility index (Phi) is 8.01. The Balaban J connectivity index is 0.984. The van der Waals surface area contributed by atoms with E-state index in [1.807, 2.05) is 0 Å². The Hall–Kier alpha value is -3.94. The van der Waals surface area contributed by atoms with E-state index < -0.39 is 0 Å². The molecule has 0 aromatic heterocycles. The predicted molar refractivity (Wildman–Crippen MR) is 211 cm³/mol. The molecule has 2 unspecified atom stereocenters. The summed E-state index contributed by atoms with van der Waals surface area (Å²) in [6.45, 7) is 0. The number of benzene rings is 5. The molecule has 0 aliphatic heterocycles. The maximum atomic E-state index is 3.19. The SMILES string of the molecule is c1ccc(C2CCCCCC2N(C2CCCCC2)C2CCC(c3ccc4c(c3)-c3c5cccc3-c3cccc-4c3-c3ccccc3-5)CC2)cc1. The number of hydrogen-bond donors (Lipinski definition) is 0.